The highest BCUT2D eigenvalue weighted by atomic mass is 16.7. The Bertz CT molecular complexity index is 797. The molecule has 0 aliphatic carbocycles. The van der Waals surface area contributed by atoms with Gasteiger partial charge in [0.15, 0.2) is 5.66 Å². The number of hydrogen-bond donors (Lipinski definition) is 1. The van der Waals surface area contributed by atoms with E-state index < -0.39 is 13.3 Å². The van der Waals surface area contributed by atoms with Gasteiger partial charge in [0.25, 0.3) is 0 Å². The second-order valence-corrected chi connectivity index (χ2v) is 4.77. The summed E-state index contributed by atoms with van der Waals surface area (Å²) >= 11 is 0. The molecule has 1 heterocycles. The molecule has 110 valence electrons. The van der Waals surface area contributed by atoms with Crippen LogP contribution in [0.2, 0.25) is 0 Å². The van der Waals surface area contributed by atoms with Crippen molar-refractivity contribution in [1.29, 1.82) is 0 Å². The van der Waals surface area contributed by atoms with Crippen molar-refractivity contribution < 1.29 is 23.6 Å². The molecule has 0 saturated carbocycles. The number of carbonyl (C=O) groups is 1. The molecule has 0 amide bonds. The summed E-state index contributed by atoms with van der Waals surface area (Å²) in [5.41, 5.74) is 1.77. The standard InChI is InChI=1S/C16H13BO5/c1-11-6-5-9-14-13(11)10-15(21-14)17(19)22-16(18)20-12-7-3-2-4-8-12/h2-10,19H,1H3. The Labute approximate surface area is 127 Å². The number of hydrogen-bond acceptors (Lipinski definition) is 5. The minimum Gasteiger partial charge on any atom is -0.471 e. The monoisotopic (exact) mass is 296 g/mol. The van der Waals surface area contributed by atoms with Crippen LogP contribution in [0.25, 0.3) is 11.0 Å². The SMILES string of the molecule is Cc1cccc2oc(B(O)OC(=O)Oc3ccccc3)cc12. The summed E-state index contributed by atoms with van der Waals surface area (Å²) in [4.78, 5) is 11.6. The molecular weight excluding hydrogens is 283 g/mol. The predicted molar refractivity (Wildman–Crippen MR) is 82.1 cm³/mol. The molecule has 2 aromatic carbocycles. The number of aryl methyl sites for hydroxylation is 1. The van der Waals surface area contributed by atoms with E-state index in [1.165, 1.54) is 0 Å². The van der Waals surface area contributed by atoms with Gasteiger partial charge in [0.05, 0.1) is 0 Å². The van der Waals surface area contributed by atoms with Gasteiger partial charge >= 0.3 is 13.3 Å². The first-order valence-corrected chi connectivity index (χ1v) is 6.74. The van der Waals surface area contributed by atoms with Crippen molar-refractivity contribution in [2.45, 2.75) is 6.92 Å². The van der Waals surface area contributed by atoms with E-state index in [9.17, 15) is 9.82 Å². The van der Waals surface area contributed by atoms with E-state index in [0.717, 1.165) is 10.9 Å². The lowest BCUT2D eigenvalue weighted by molar-refractivity contribution is 0.144. The maximum atomic E-state index is 11.6. The fourth-order valence-electron chi connectivity index (χ4n) is 2.11. The van der Waals surface area contributed by atoms with Crippen molar-refractivity contribution in [2.75, 3.05) is 0 Å². The number of fused-ring (bicyclic) bond motifs is 1. The first-order chi connectivity index (χ1) is 10.6. The van der Waals surface area contributed by atoms with Crippen molar-refractivity contribution in [2.24, 2.45) is 0 Å². The average Bonchev–Trinajstić information content (AvgIpc) is 2.94. The van der Waals surface area contributed by atoms with E-state index in [1.54, 1.807) is 42.5 Å². The minimum absolute atomic E-state index is 0.148. The van der Waals surface area contributed by atoms with E-state index in [4.69, 9.17) is 13.8 Å². The highest BCUT2D eigenvalue weighted by Gasteiger charge is 2.27. The van der Waals surface area contributed by atoms with E-state index in [2.05, 4.69) is 0 Å². The first kappa shape index (κ1) is 14.2. The van der Waals surface area contributed by atoms with Crippen molar-refractivity contribution >= 4 is 29.9 Å². The Kier molecular flexibility index (Phi) is 3.85. The lowest BCUT2D eigenvalue weighted by Crippen LogP contribution is -2.35. The van der Waals surface area contributed by atoms with E-state index >= 15 is 0 Å². The van der Waals surface area contributed by atoms with Crippen molar-refractivity contribution in [3.05, 3.63) is 60.2 Å². The topological polar surface area (TPSA) is 68.9 Å². The van der Waals surface area contributed by atoms with E-state index in [-0.39, 0.29) is 5.66 Å². The van der Waals surface area contributed by atoms with Crippen LogP contribution in [0, 0.1) is 6.92 Å². The highest BCUT2D eigenvalue weighted by Crippen LogP contribution is 2.18. The quantitative estimate of drug-likeness (QED) is 0.457. The third-order valence-corrected chi connectivity index (χ3v) is 3.19. The smallest absolute Gasteiger partial charge is 0.471 e. The zero-order valence-corrected chi connectivity index (χ0v) is 11.9. The van der Waals surface area contributed by atoms with Crippen LogP contribution in [0.4, 0.5) is 4.79 Å². The number of para-hydroxylation sites is 1. The van der Waals surface area contributed by atoms with Gasteiger partial charge in [-0.3, -0.25) is 0 Å². The number of benzene rings is 2. The van der Waals surface area contributed by atoms with E-state index in [0.29, 0.717) is 11.3 Å². The predicted octanol–water partition coefficient (Wildman–Crippen LogP) is 2.64. The summed E-state index contributed by atoms with van der Waals surface area (Å²) in [5, 5.41) is 10.8. The number of carbonyl (C=O) groups excluding carboxylic acids is 1. The van der Waals surface area contributed by atoms with Crippen LogP contribution in [0.15, 0.2) is 59.0 Å². The molecule has 22 heavy (non-hydrogen) atoms. The number of ether oxygens (including phenoxy) is 1. The number of furan rings is 1. The molecule has 3 aromatic rings. The molecule has 0 aliphatic rings. The van der Waals surface area contributed by atoms with Crippen LogP contribution in [0.3, 0.4) is 0 Å². The minimum atomic E-state index is -1.52. The fourth-order valence-corrected chi connectivity index (χ4v) is 2.11. The molecule has 0 unspecified atom stereocenters. The lowest BCUT2D eigenvalue weighted by Gasteiger charge is -2.06. The molecule has 1 N–H and O–H groups in total. The maximum absolute atomic E-state index is 11.6. The summed E-state index contributed by atoms with van der Waals surface area (Å²) in [6, 6.07) is 15.7. The van der Waals surface area contributed by atoms with Crippen LogP contribution < -0.4 is 10.4 Å². The zero-order valence-electron chi connectivity index (χ0n) is 11.9. The molecule has 0 aliphatic heterocycles. The van der Waals surface area contributed by atoms with Crippen molar-refractivity contribution in [3.8, 4) is 5.75 Å². The van der Waals surface area contributed by atoms with Gasteiger partial charge < -0.3 is 18.8 Å². The Morgan fingerprint density at radius 3 is 2.64 bits per heavy atom. The van der Waals surface area contributed by atoms with Gasteiger partial charge in [-0.1, -0.05) is 30.3 Å². The van der Waals surface area contributed by atoms with Gasteiger partial charge in [-0.2, -0.15) is 0 Å². The molecule has 3 rings (SSSR count). The lowest BCUT2D eigenvalue weighted by atomic mass is 9.86. The second kappa shape index (κ2) is 5.95. The molecule has 6 heteroatoms. The Balaban J connectivity index is 1.71. The second-order valence-electron chi connectivity index (χ2n) is 4.77. The van der Waals surface area contributed by atoms with Crippen molar-refractivity contribution in [3.63, 3.8) is 0 Å². The Morgan fingerprint density at radius 1 is 1.14 bits per heavy atom. The molecule has 0 radical (unpaired) electrons. The van der Waals surface area contributed by atoms with Crippen molar-refractivity contribution in [1.82, 2.24) is 0 Å². The maximum Gasteiger partial charge on any atom is 0.602 e. The van der Waals surface area contributed by atoms with E-state index in [1.807, 2.05) is 19.1 Å². The molecule has 5 nitrogen and oxygen atoms in total. The van der Waals surface area contributed by atoms with Gasteiger partial charge in [-0.25, -0.2) is 4.79 Å². The van der Waals surface area contributed by atoms with Gasteiger partial charge in [0.1, 0.15) is 11.3 Å². The zero-order chi connectivity index (χ0) is 15.5. The molecule has 0 fully saturated rings. The molecule has 0 atom stereocenters. The Morgan fingerprint density at radius 2 is 1.91 bits per heavy atom. The van der Waals surface area contributed by atoms with Gasteiger partial charge in [-0.05, 0) is 36.8 Å². The summed E-state index contributed by atoms with van der Waals surface area (Å²) < 4.78 is 15.2. The molecular formula is C16H13BO5. The van der Waals surface area contributed by atoms with Crippen LogP contribution in [-0.4, -0.2) is 18.3 Å². The summed E-state index contributed by atoms with van der Waals surface area (Å²) in [7, 11) is -1.52. The average molecular weight is 296 g/mol. The van der Waals surface area contributed by atoms with Crippen LogP contribution in [0.1, 0.15) is 5.56 Å². The summed E-state index contributed by atoms with van der Waals surface area (Å²) in [6.07, 6.45) is -1.00. The fraction of sp³-hybridized carbons (Fsp3) is 0.0625. The van der Waals surface area contributed by atoms with Gasteiger partial charge in [0, 0.05) is 5.39 Å². The highest BCUT2D eigenvalue weighted by molar-refractivity contribution is 6.60. The third kappa shape index (κ3) is 2.97. The van der Waals surface area contributed by atoms with Gasteiger partial charge in [-0.15, -0.1) is 0 Å². The molecule has 0 spiro atoms. The summed E-state index contributed by atoms with van der Waals surface area (Å²) in [5.74, 6) is 0.333. The third-order valence-electron chi connectivity index (χ3n) is 3.19. The molecule has 1 aromatic heterocycles. The van der Waals surface area contributed by atoms with Crippen LogP contribution in [-0.2, 0) is 4.65 Å². The Hall–Kier alpha value is -2.73. The van der Waals surface area contributed by atoms with Crippen LogP contribution in [0.5, 0.6) is 5.75 Å². The molecule has 0 bridgehead atoms. The first-order valence-electron chi connectivity index (χ1n) is 6.74. The normalized spacial score (nSPS) is 10.5. The molecule has 0 saturated heterocycles. The van der Waals surface area contributed by atoms with Crippen LogP contribution >= 0.6 is 0 Å². The number of rotatable bonds is 3. The largest absolute Gasteiger partial charge is 0.602 e. The van der Waals surface area contributed by atoms with Gasteiger partial charge in [0.2, 0.25) is 0 Å². The summed E-state index contributed by atoms with van der Waals surface area (Å²) in [6.45, 7) is 1.93.